The first-order chi connectivity index (χ1) is 20.5. The summed E-state index contributed by atoms with van der Waals surface area (Å²) in [4.78, 5) is 14.2. The molecule has 0 atom stereocenters. The number of fused-ring (bicyclic) bond motifs is 2. The van der Waals surface area contributed by atoms with Gasteiger partial charge in [0.1, 0.15) is 26.2 Å². The highest BCUT2D eigenvalue weighted by Crippen LogP contribution is 2.33. The fourth-order valence-electron chi connectivity index (χ4n) is 4.23. The molecule has 6 rings (SSSR count). The third kappa shape index (κ3) is 5.89. The second-order valence-corrected chi connectivity index (χ2v) is 12.2. The molecule has 0 unspecified atom stereocenters. The van der Waals surface area contributed by atoms with E-state index in [9.17, 15) is 39.7 Å². The van der Waals surface area contributed by atoms with E-state index in [-0.39, 0.29) is 16.3 Å². The first-order valence-electron chi connectivity index (χ1n) is 12.3. The van der Waals surface area contributed by atoms with Gasteiger partial charge in [-0.25, -0.2) is 30.4 Å². The van der Waals surface area contributed by atoms with E-state index in [1.165, 1.54) is 9.79 Å². The predicted octanol–water partition coefficient (Wildman–Crippen LogP) is 7.33. The summed E-state index contributed by atoms with van der Waals surface area (Å²) in [5.41, 5.74) is 1.26. The van der Waals surface area contributed by atoms with Gasteiger partial charge in [0.05, 0.1) is 21.7 Å². The van der Waals surface area contributed by atoms with Crippen molar-refractivity contribution in [1.29, 1.82) is 0 Å². The van der Waals surface area contributed by atoms with Crippen LogP contribution in [0.2, 0.25) is 0 Å². The first kappa shape index (κ1) is 30.0. The van der Waals surface area contributed by atoms with Gasteiger partial charge >= 0.3 is 0 Å². The Morgan fingerprint density at radius 1 is 0.558 bits per heavy atom. The van der Waals surface area contributed by atoms with Crippen LogP contribution in [0.3, 0.4) is 0 Å². The molecular formula is C31H17F5O5S2. The van der Waals surface area contributed by atoms with Gasteiger partial charge in [-0.05, 0) is 48.5 Å². The molecule has 0 aliphatic rings. The van der Waals surface area contributed by atoms with E-state index in [0.29, 0.717) is 21.9 Å². The van der Waals surface area contributed by atoms with E-state index in [4.69, 9.17) is 4.42 Å². The van der Waals surface area contributed by atoms with Crippen molar-refractivity contribution in [2.75, 3.05) is 0 Å². The summed E-state index contributed by atoms with van der Waals surface area (Å²) in [7, 11) is -6.07. The summed E-state index contributed by atoms with van der Waals surface area (Å²) < 4.78 is 98.9. The summed E-state index contributed by atoms with van der Waals surface area (Å²) in [6, 6.07) is 34.2. The van der Waals surface area contributed by atoms with Gasteiger partial charge in [0.15, 0.2) is 38.0 Å². The quantitative estimate of drug-likeness (QED) is 0.0510. The molecule has 43 heavy (non-hydrogen) atoms. The van der Waals surface area contributed by atoms with E-state index in [2.05, 4.69) is 54.6 Å². The lowest BCUT2D eigenvalue weighted by Crippen LogP contribution is -2.12. The fraction of sp³-hybridized carbons (Fsp3) is 0. The Kier molecular flexibility index (Phi) is 8.36. The maximum Gasteiger partial charge on any atom is 0.200 e. The standard InChI is InChI=1S/C25H17O2S.C6HF5O3S/c26-25-21-13-7-8-14-23(21)27-24-16-15-20(17-22(24)25)28(18-9-3-1-4-10-18)19-11-5-2-6-12-19;7-1-2(8)4(10)6(15(12,13)14)5(11)3(1)9/h1-17H;(H,12,13,14)/q+1;/p-1. The Labute approximate surface area is 243 Å². The number of rotatable bonds is 4. The van der Waals surface area contributed by atoms with Crippen LogP contribution >= 0.6 is 0 Å². The lowest BCUT2D eigenvalue weighted by molar-refractivity contribution is 0.350. The topological polar surface area (TPSA) is 87.4 Å². The summed E-state index contributed by atoms with van der Waals surface area (Å²) >= 11 is 0. The molecule has 0 radical (unpaired) electrons. The molecule has 0 saturated carbocycles. The molecule has 0 amide bonds. The van der Waals surface area contributed by atoms with Crippen LogP contribution in [-0.4, -0.2) is 13.0 Å². The molecule has 5 nitrogen and oxygen atoms in total. The molecule has 0 aliphatic carbocycles. The van der Waals surface area contributed by atoms with Crippen LogP contribution in [0.4, 0.5) is 22.0 Å². The van der Waals surface area contributed by atoms with Crippen LogP contribution in [0.1, 0.15) is 0 Å². The highest BCUT2D eigenvalue weighted by atomic mass is 32.2. The summed E-state index contributed by atoms with van der Waals surface area (Å²) in [6.45, 7) is 0. The Hall–Kier alpha value is -4.52. The first-order valence-corrected chi connectivity index (χ1v) is 14.9. The van der Waals surface area contributed by atoms with Crippen LogP contribution in [0, 0.1) is 29.1 Å². The maximum atomic E-state index is 13.1. The molecular weight excluding hydrogens is 611 g/mol. The molecule has 6 aromatic rings. The SMILES string of the molecule is O=S(=O)([O-])c1c(F)c(F)c(F)c(F)c1F.O=c1c2ccccc2oc2ccc([S+](c3ccccc3)c3ccccc3)cc12. The summed E-state index contributed by atoms with van der Waals surface area (Å²) in [5, 5.41) is 1.24. The Morgan fingerprint density at radius 2 is 1.02 bits per heavy atom. The van der Waals surface area contributed by atoms with Gasteiger partial charge in [-0.1, -0.05) is 48.5 Å². The van der Waals surface area contributed by atoms with E-state index < -0.39 is 44.1 Å². The molecule has 0 aliphatic heterocycles. The zero-order chi connectivity index (χ0) is 30.9. The Balaban J connectivity index is 0.000000209. The molecule has 0 bridgehead atoms. The summed E-state index contributed by atoms with van der Waals surface area (Å²) in [6.07, 6.45) is 0. The van der Waals surface area contributed by atoms with Crippen LogP contribution in [0.25, 0.3) is 21.9 Å². The summed E-state index contributed by atoms with van der Waals surface area (Å²) in [5.74, 6) is -12.8. The van der Waals surface area contributed by atoms with Gasteiger partial charge in [-0.3, -0.25) is 4.79 Å². The van der Waals surface area contributed by atoms with Gasteiger partial charge in [-0.15, -0.1) is 0 Å². The molecule has 0 spiro atoms. The normalized spacial score (nSPS) is 11.5. The van der Waals surface area contributed by atoms with Gasteiger partial charge in [-0.2, -0.15) is 0 Å². The second kappa shape index (κ2) is 12.0. The largest absolute Gasteiger partial charge is 0.744 e. The van der Waals surface area contributed by atoms with E-state index >= 15 is 0 Å². The number of hydrogen-bond acceptors (Lipinski definition) is 5. The fourth-order valence-corrected chi connectivity index (χ4v) is 6.97. The second-order valence-electron chi connectivity index (χ2n) is 8.87. The van der Waals surface area contributed by atoms with Crippen molar-refractivity contribution < 1.29 is 39.3 Å². The smallest absolute Gasteiger partial charge is 0.200 e. The number of hydrogen-bond donors (Lipinski definition) is 0. The molecule has 1 aromatic heterocycles. The number of para-hydroxylation sites is 1. The van der Waals surface area contributed by atoms with Crippen molar-refractivity contribution in [3.8, 4) is 0 Å². The van der Waals surface area contributed by atoms with E-state index in [1.807, 2.05) is 48.5 Å². The highest BCUT2D eigenvalue weighted by Gasteiger charge is 2.30. The lowest BCUT2D eigenvalue weighted by Gasteiger charge is -2.10. The Bertz CT molecular complexity index is 2070. The van der Waals surface area contributed by atoms with Crippen LogP contribution < -0.4 is 5.43 Å². The minimum atomic E-state index is -5.77. The van der Waals surface area contributed by atoms with Crippen molar-refractivity contribution in [3.05, 3.63) is 142 Å². The van der Waals surface area contributed by atoms with Gasteiger partial charge in [0.2, 0.25) is 11.2 Å². The van der Waals surface area contributed by atoms with Gasteiger partial charge < -0.3 is 8.97 Å². The number of halogens is 5. The van der Waals surface area contributed by atoms with Crippen molar-refractivity contribution >= 4 is 43.0 Å². The molecule has 218 valence electrons. The monoisotopic (exact) mass is 628 g/mol. The van der Waals surface area contributed by atoms with E-state index in [0.717, 1.165) is 4.90 Å². The minimum Gasteiger partial charge on any atom is -0.744 e. The van der Waals surface area contributed by atoms with Crippen LogP contribution in [0.15, 0.2) is 132 Å². The predicted molar refractivity (Wildman–Crippen MR) is 149 cm³/mol. The molecule has 0 fully saturated rings. The number of benzene rings is 5. The molecule has 12 heteroatoms. The molecule has 0 N–H and O–H groups in total. The lowest BCUT2D eigenvalue weighted by atomic mass is 10.1. The minimum absolute atomic E-state index is 0.0170. The third-order valence-electron chi connectivity index (χ3n) is 6.16. The molecule has 1 heterocycles. The highest BCUT2D eigenvalue weighted by molar-refractivity contribution is 7.97. The average Bonchev–Trinajstić information content (AvgIpc) is 3.00. The van der Waals surface area contributed by atoms with Crippen molar-refractivity contribution in [3.63, 3.8) is 0 Å². The van der Waals surface area contributed by atoms with Gasteiger partial charge in [0, 0.05) is 6.07 Å². The molecule has 5 aromatic carbocycles. The van der Waals surface area contributed by atoms with Crippen LogP contribution in [0.5, 0.6) is 0 Å². The third-order valence-corrected chi connectivity index (χ3v) is 9.23. The zero-order valence-corrected chi connectivity index (χ0v) is 23.2. The Morgan fingerprint density at radius 3 is 1.56 bits per heavy atom. The van der Waals surface area contributed by atoms with Crippen LogP contribution in [-0.2, 0) is 21.0 Å². The van der Waals surface area contributed by atoms with E-state index in [1.54, 1.807) is 0 Å². The van der Waals surface area contributed by atoms with Crippen molar-refractivity contribution in [2.45, 2.75) is 19.6 Å². The van der Waals surface area contributed by atoms with Crippen molar-refractivity contribution in [2.24, 2.45) is 0 Å². The molecule has 0 saturated heterocycles. The zero-order valence-electron chi connectivity index (χ0n) is 21.6. The van der Waals surface area contributed by atoms with Crippen molar-refractivity contribution in [1.82, 2.24) is 0 Å². The maximum absolute atomic E-state index is 13.1. The van der Waals surface area contributed by atoms with Gasteiger partial charge in [0.25, 0.3) is 0 Å². The average molecular weight is 629 g/mol.